The third-order valence-corrected chi connectivity index (χ3v) is 4.29. The van der Waals surface area contributed by atoms with Crippen LogP contribution in [0.2, 0.25) is 0 Å². The Labute approximate surface area is 130 Å². The monoisotopic (exact) mass is 327 g/mol. The fourth-order valence-corrected chi connectivity index (χ4v) is 2.79. The molecule has 1 amide bonds. The first-order chi connectivity index (χ1) is 10.7. The van der Waals surface area contributed by atoms with E-state index >= 15 is 0 Å². The number of piperidine rings is 1. The summed E-state index contributed by atoms with van der Waals surface area (Å²) in [4.78, 5) is 13.7. The third kappa shape index (κ3) is 2.81. The number of alkyl halides is 3. The Bertz CT molecular complexity index is 743. The van der Waals surface area contributed by atoms with Gasteiger partial charge in [0.2, 0.25) is 0 Å². The topological polar surface area (TPSA) is 53.7 Å². The maximum atomic E-state index is 12.8. The molecule has 1 aliphatic rings. The van der Waals surface area contributed by atoms with Crippen molar-refractivity contribution in [2.24, 2.45) is 0 Å². The molecule has 0 saturated carbocycles. The molecular formula is C16H16F3NO3. The predicted molar refractivity (Wildman–Crippen MR) is 77.1 cm³/mol. The molecule has 0 radical (unpaired) electrons. The Kier molecular flexibility index (Phi) is 3.63. The van der Waals surface area contributed by atoms with Gasteiger partial charge in [0.1, 0.15) is 5.58 Å². The van der Waals surface area contributed by atoms with Crippen LogP contribution in [0.1, 0.15) is 29.0 Å². The van der Waals surface area contributed by atoms with Crippen molar-refractivity contribution in [3.63, 3.8) is 0 Å². The van der Waals surface area contributed by atoms with Gasteiger partial charge in [-0.25, -0.2) is 0 Å². The van der Waals surface area contributed by atoms with Crippen molar-refractivity contribution in [2.45, 2.75) is 31.5 Å². The van der Waals surface area contributed by atoms with E-state index in [0.29, 0.717) is 5.58 Å². The number of rotatable bonds is 1. The minimum atomic E-state index is -4.68. The number of nitrogens with zero attached hydrogens (tertiary/aromatic N) is 1. The van der Waals surface area contributed by atoms with Gasteiger partial charge in [0.15, 0.2) is 11.4 Å². The summed E-state index contributed by atoms with van der Waals surface area (Å²) in [6, 6.07) is 7.06. The van der Waals surface area contributed by atoms with E-state index in [4.69, 9.17) is 4.42 Å². The number of amides is 1. The lowest BCUT2D eigenvalue weighted by molar-refractivity contribution is -0.271. The van der Waals surface area contributed by atoms with E-state index in [1.165, 1.54) is 4.90 Å². The Morgan fingerprint density at radius 3 is 2.52 bits per heavy atom. The van der Waals surface area contributed by atoms with Gasteiger partial charge in [-0.15, -0.1) is 0 Å². The molecular weight excluding hydrogens is 311 g/mol. The molecule has 0 aliphatic carbocycles. The summed E-state index contributed by atoms with van der Waals surface area (Å²) < 4.78 is 43.8. The molecule has 3 rings (SSSR count). The predicted octanol–water partition coefficient (Wildman–Crippen LogP) is 3.27. The minimum Gasteiger partial charge on any atom is -0.451 e. The molecule has 2 heterocycles. The maximum Gasteiger partial charge on any atom is 0.417 e. The maximum absolute atomic E-state index is 12.8. The molecule has 1 aromatic heterocycles. The first kappa shape index (κ1) is 15.9. The van der Waals surface area contributed by atoms with Crippen molar-refractivity contribution in [3.05, 3.63) is 35.6 Å². The number of fused-ring (bicyclic) bond motifs is 1. The van der Waals surface area contributed by atoms with Crippen LogP contribution in [-0.4, -0.2) is 40.8 Å². The second-order valence-corrected chi connectivity index (χ2v) is 5.97. The van der Waals surface area contributed by atoms with Crippen LogP contribution >= 0.6 is 0 Å². The Hall–Kier alpha value is -2.02. The highest BCUT2D eigenvalue weighted by Gasteiger charge is 2.55. The van der Waals surface area contributed by atoms with Crippen molar-refractivity contribution in [1.29, 1.82) is 0 Å². The van der Waals surface area contributed by atoms with Crippen LogP contribution in [-0.2, 0) is 0 Å². The van der Waals surface area contributed by atoms with E-state index in [-0.39, 0.29) is 18.8 Å². The van der Waals surface area contributed by atoms with Crippen LogP contribution in [0, 0.1) is 6.92 Å². The zero-order valence-corrected chi connectivity index (χ0v) is 12.5. The smallest absolute Gasteiger partial charge is 0.417 e. The van der Waals surface area contributed by atoms with Gasteiger partial charge in [-0.05, 0) is 25.1 Å². The number of hydrogen-bond donors (Lipinski definition) is 1. The molecule has 7 heteroatoms. The van der Waals surface area contributed by atoms with E-state index in [1.54, 1.807) is 12.1 Å². The van der Waals surface area contributed by atoms with Crippen LogP contribution in [0.25, 0.3) is 11.0 Å². The highest BCUT2D eigenvalue weighted by atomic mass is 19.4. The zero-order chi connectivity index (χ0) is 16.8. The summed E-state index contributed by atoms with van der Waals surface area (Å²) in [5.41, 5.74) is -1.14. The molecule has 0 unspecified atom stereocenters. The van der Waals surface area contributed by atoms with E-state index in [0.717, 1.165) is 10.9 Å². The first-order valence-electron chi connectivity index (χ1n) is 7.28. The van der Waals surface area contributed by atoms with Crippen LogP contribution in [0.5, 0.6) is 0 Å². The number of carbonyl (C=O) groups excluding carboxylic acids is 1. The van der Waals surface area contributed by atoms with Gasteiger partial charge in [0.05, 0.1) is 0 Å². The fourth-order valence-electron chi connectivity index (χ4n) is 2.79. The van der Waals surface area contributed by atoms with Gasteiger partial charge < -0.3 is 14.4 Å². The standard InChI is InChI=1S/C16H16F3NO3/c1-10-2-3-12-11(8-10)9-13(23-12)14(21)20-6-4-15(22,5-7-20)16(17,18)19/h2-3,8-9,22H,4-7H2,1H3. The number of halogens is 3. The Morgan fingerprint density at radius 1 is 1.26 bits per heavy atom. The number of likely N-dealkylation sites (tertiary alicyclic amines) is 1. The Morgan fingerprint density at radius 2 is 1.91 bits per heavy atom. The van der Waals surface area contributed by atoms with Crippen molar-refractivity contribution >= 4 is 16.9 Å². The number of furan rings is 1. The molecule has 0 bridgehead atoms. The molecule has 124 valence electrons. The normalized spacial score (nSPS) is 18.4. The second kappa shape index (κ2) is 5.26. The minimum absolute atomic E-state index is 0.100. The molecule has 0 atom stereocenters. The van der Waals surface area contributed by atoms with Crippen LogP contribution < -0.4 is 0 Å². The lowest BCUT2D eigenvalue weighted by Gasteiger charge is -2.38. The van der Waals surface area contributed by atoms with Gasteiger partial charge >= 0.3 is 6.18 Å². The van der Waals surface area contributed by atoms with E-state index in [1.807, 2.05) is 19.1 Å². The first-order valence-corrected chi connectivity index (χ1v) is 7.28. The van der Waals surface area contributed by atoms with Gasteiger partial charge in [0.25, 0.3) is 5.91 Å². The highest BCUT2D eigenvalue weighted by molar-refractivity contribution is 5.96. The largest absolute Gasteiger partial charge is 0.451 e. The van der Waals surface area contributed by atoms with Crippen molar-refractivity contribution < 1.29 is 27.5 Å². The number of benzene rings is 1. The van der Waals surface area contributed by atoms with Crippen LogP contribution in [0.15, 0.2) is 28.7 Å². The average molecular weight is 327 g/mol. The van der Waals surface area contributed by atoms with Crippen molar-refractivity contribution in [2.75, 3.05) is 13.1 Å². The summed E-state index contributed by atoms with van der Waals surface area (Å²) >= 11 is 0. The third-order valence-electron chi connectivity index (χ3n) is 4.29. The second-order valence-electron chi connectivity index (χ2n) is 5.97. The summed E-state index contributed by atoms with van der Waals surface area (Å²) in [6.07, 6.45) is -5.73. The molecule has 1 N–H and O–H groups in total. The van der Waals surface area contributed by atoms with E-state index in [2.05, 4.69) is 0 Å². The number of aryl methyl sites for hydroxylation is 1. The van der Waals surface area contributed by atoms with Crippen molar-refractivity contribution in [3.8, 4) is 0 Å². The molecule has 23 heavy (non-hydrogen) atoms. The van der Waals surface area contributed by atoms with Gasteiger partial charge in [-0.3, -0.25) is 4.79 Å². The molecule has 2 aromatic rings. The fraction of sp³-hybridized carbons (Fsp3) is 0.438. The Balaban J connectivity index is 1.76. The van der Waals surface area contributed by atoms with Crippen molar-refractivity contribution in [1.82, 2.24) is 4.90 Å². The summed E-state index contributed by atoms with van der Waals surface area (Å²) in [7, 11) is 0. The molecule has 1 saturated heterocycles. The molecule has 1 aromatic carbocycles. The number of hydrogen-bond acceptors (Lipinski definition) is 3. The molecule has 0 spiro atoms. The van der Waals surface area contributed by atoms with Crippen LogP contribution in [0.4, 0.5) is 13.2 Å². The van der Waals surface area contributed by atoms with Crippen LogP contribution in [0.3, 0.4) is 0 Å². The lowest BCUT2D eigenvalue weighted by atomic mass is 9.90. The molecule has 1 fully saturated rings. The summed E-state index contributed by atoms with van der Waals surface area (Å²) in [5.74, 6) is -0.355. The zero-order valence-electron chi connectivity index (χ0n) is 12.5. The highest BCUT2D eigenvalue weighted by Crippen LogP contribution is 2.38. The average Bonchev–Trinajstić information content (AvgIpc) is 2.89. The van der Waals surface area contributed by atoms with E-state index < -0.39 is 30.5 Å². The molecule has 4 nitrogen and oxygen atoms in total. The number of carbonyl (C=O) groups is 1. The lowest BCUT2D eigenvalue weighted by Crippen LogP contribution is -2.54. The number of aliphatic hydroxyl groups is 1. The summed E-state index contributed by atoms with van der Waals surface area (Å²) in [6.45, 7) is 1.59. The van der Waals surface area contributed by atoms with E-state index in [9.17, 15) is 23.1 Å². The molecule has 1 aliphatic heterocycles. The SMILES string of the molecule is Cc1ccc2oc(C(=O)N3CCC(O)(C(F)(F)F)CC3)cc2c1. The quantitative estimate of drug-likeness (QED) is 0.874. The van der Waals surface area contributed by atoms with Gasteiger partial charge in [-0.1, -0.05) is 11.6 Å². The van der Waals surface area contributed by atoms with Gasteiger partial charge in [-0.2, -0.15) is 13.2 Å². The summed E-state index contributed by atoms with van der Waals surface area (Å²) in [5, 5.41) is 10.4. The van der Waals surface area contributed by atoms with Gasteiger partial charge in [0, 0.05) is 31.3 Å².